The molecule has 1 rings (SSSR count). The van der Waals surface area contributed by atoms with Gasteiger partial charge in [-0.25, -0.2) is 4.79 Å². The van der Waals surface area contributed by atoms with E-state index in [0.29, 0.717) is 6.54 Å². The molecule has 82 valence electrons. The van der Waals surface area contributed by atoms with Crippen molar-refractivity contribution in [3.63, 3.8) is 0 Å². The highest BCUT2D eigenvalue weighted by molar-refractivity contribution is 5.74. The van der Waals surface area contributed by atoms with Crippen LogP contribution in [0.15, 0.2) is 29.4 Å². The normalized spacial score (nSPS) is 11.4. The van der Waals surface area contributed by atoms with Gasteiger partial charge in [-0.3, -0.25) is 0 Å². The topological polar surface area (TPSA) is 66.6 Å². The molecule has 0 aromatic carbocycles. The molecule has 0 radical (unpaired) electrons. The first-order valence-electron chi connectivity index (χ1n) is 4.93. The van der Waals surface area contributed by atoms with Gasteiger partial charge in [-0.2, -0.15) is 9.72 Å². The molecule has 1 aromatic rings. The second-order valence-corrected chi connectivity index (χ2v) is 3.10. The standard InChI is InChI=1S/C10H15N3O2/c1-2-3-7-11-10(14)12-9-6-4-5-8-13(9)15/h4-6,8,15H,2-3,7H2,1H3,(H,11,14)/b12-9-. The molecule has 0 aliphatic carbocycles. The zero-order chi connectivity index (χ0) is 11.1. The molecule has 0 spiro atoms. The Labute approximate surface area is 88.0 Å². The van der Waals surface area contributed by atoms with Gasteiger partial charge in [0.25, 0.3) is 0 Å². The first kappa shape index (κ1) is 11.3. The summed E-state index contributed by atoms with van der Waals surface area (Å²) in [7, 11) is 0. The molecule has 1 aromatic heterocycles. The molecular weight excluding hydrogens is 194 g/mol. The third-order valence-electron chi connectivity index (χ3n) is 1.84. The highest BCUT2D eigenvalue weighted by atomic mass is 16.5. The van der Waals surface area contributed by atoms with Crippen molar-refractivity contribution in [3.8, 4) is 0 Å². The molecule has 2 amide bonds. The van der Waals surface area contributed by atoms with Gasteiger partial charge in [-0.15, -0.1) is 0 Å². The number of hydrogen-bond acceptors (Lipinski definition) is 2. The Morgan fingerprint density at radius 3 is 3.07 bits per heavy atom. The SMILES string of the molecule is CCCCNC(=O)/N=c1/ccccn1O. The Balaban J connectivity index is 2.63. The average Bonchev–Trinajstić information content (AvgIpc) is 2.22. The van der Waals surface area contributed by atoms with E-state index in [4.69, 9.17) is 0 Å². The number of pyridine rings is 1. The number of rotatable bonds is 3. The maximum Gasteiger partial charge on any atom is 0.343 e. The summed E-state index contributed by atoms with van der Waals surface area (Å²) in [5.74, 6) is 0. The number of amides is 2. The number of nitrogens with zero attached hydrogens (tertiary/aromatic N) is 2. The summed E-state index contributed by atoms with van der Waals surface area (Å²) in [6.07, 6.45) is 3.36. The lowest BCUT2D eigenvalue weighted by molar-refractivity contribution is 0.171. The zero-order valence-corrected chi connectivity index (χ0v) is 8.68. The van der Waals surface area contributed by atoms with Gasteiger partial charge in [0.2, 0.25) is 0 Å². The molecule has 0 saturated carbocycles. The monoisotopic (exact) mass is 209 g/mol. The average molecular weight is 209 g/mol. The van der Waals surface area contributed by atoms with Crippen molar-refractivity contribution in [1.82, 2.24) is 10.0 Å². The van der Waals surface area contributed by atoms with Crippen LogP contribution >= 0.6 is 0 Å². The minimum Gasteiger partial charge on any atom is -0.427 e. The first-order valence-corrected chi connectivity index (χ1v) is 4.93. The van der Waals surface area contributed by atoms with Gasteiger partial charge in [-0.1, -0.05) is 19.4 Å². The lowest BCUT2D eigenvalue weighted by Gasteiger charge is -1.99. The van der Waals surface area contributed by atoms with E-state index in [0.717, 1.165) is 17.6 Å². The molecule has 1 heterocycles. The Bertz CT molecular complexity index is 384. The van der Waals surface area contributed by atoms with Gasteiger partial charge in [0, 0.05) is 12.7 Å². The van der Waals surface area contributed by atoms with Crippen LogP contribution in [0.5, 0.6) is 0 Å². The van der Waals surface area contributed by atoms with Crippen LogP contribution in [0.3, 0.4) is 0 Å². The molecule has 2 N–H and O–H groups in total. The number of nitrogens with one attached hydrogen (secondary N) is 1. The zero-order valence-electron chi connectivity index (χ0n) is 8.68. The molecule has 15 heavy (non-hydrogen) atoms. The largest absolute Gasteiger partial charge is 0.427 e. The maximum absolute atomic E-state index is 11.2. The fourth-order valence-electron chi connectivity index (χ4n) is 1.03. The maximum atomic E-state index is 11.2. The van der Waals surface area contributed by atoms with Gasteiger partial charge in [0.1, 0.15) is 0 Å². The van der Waals surface area contributed by atoms with Gasteiger partial charge in [0.15, 0.2) is 5.49 Å². The molecule has 0 aliphatic heterocycles. The van der Waals surface area contributed by atoms with Crippen molar-refractivity contribution in [2.24, 2.45) is 4.99 Å². The summed E-state index contributed by atoms with van der Waals surface area (Å²) in [4.78, 5) is 14.9. The molecule has 0 aliphatic rings. The van der Waals surface area contributed by atoms with E-state index < -0.39 is 6.03 Å². The number of urea groups is 1. The predicted molar refractivity (Wildman–Crippen MR) is 55.5 cm³/mol. The van der Waals surface area contributed by atoms with Crippen LogP contribution in [0.25, 0.3) is 0 Å². The third-order valence-corrected chi connectivity index (χ3v) is 1.84. The van der Waals surface area contributed by atoms with Crippen LogP contribution in [-0.4, -0.2) is 22.5 Å². The lowest BCUT2D eigenvalue weighted by Crippen LogP contribution is -2.26. The van der Waals surface area contributed by atoms with Crippen molar-refractivity contribution in [2.75, 3.05) is 6.54 Å². The van der Waals surface area contributed by atoms with E-state index in [2.05, 4.69) is 10.3 Å². The van der Waals surface area contributed by atoms with Gasteiger partial charge in [-0.05, 0) is 18.6 Å². The summed E-state index contributed by atoms with van der Waals surface area (Å²) in [6, 6.07) is 4.47. The molecule has 5 heteroatoms. The lowest BCUT2D eigenvalue weighted by atomic mass is 10.3. The molecular formula is C10H15N3O2. The number of unbranched alkanes of at least 4 members (excludes halogenated alkanes) is 1. The van der Waals surface area contributed by atoms with Crippen LogP contribution in [-0.2, 0) is 0 Å². The second kappa shape index (κ2) is 5.85. The highest BCUT2D eigenvalue weighted by Gasteiger charge is 1.96. The summed E-state index contributed by atoms with van der Waals surface area (Å²) in [5, 5.41) is 11.9. The highest BCUT2D eigenvalue weighted by Crippen LogP contribution is 1.83. The van der Waals surface area contributed by atoms with Crippen LogP contribution in [0.4, 0.5) is 4.79 Å². The number of carbonyl (C=O) groups excluding carboxylic acids is 1. The Hall–Kier alpha value is -1.78. The van der Waals surface area contributed by atoms with E-state index >= 15 is 0 Å². The van der Waals surface area contributed by atoms with Gasteiger partial charge in [0.05, 0.1) is 0 Å². The van der Waals surface area contributed by atoms with Crippen molar-refractivity contribution in [2.45, 2.75) is 19.8 Å². The van der Waals surface area contributed by atoms with E-state index in [1.54, 1.807) is 18.2 Å². The van der Waals surface area contributed by atoms with Gasteiger partial charge >= 0.3 is 6.03 Å². The predicted octanol–water partition coefficient (Wildman–Crippen LogP) is 1.14. The van der Waals surface area contributed by atoms with E-state index in [9.17, 15) is 10.0 Å². The van der Waals surface area contributed by atoms with Crippen molar-refractivity contribution in [1.29, 1.82) is 0 Å². The fourth-order valence-corrected chi connectivity index (χ4v) is 1.03. The minimum atomic E-state index is -0.433. The first-order chi connectivity index (χ1) is 7.24. The number of aromatic nitrogens is 1. The Morgan fingerprint density at radius 1 is 1.60 bits per heavy atom. The number of hydrogen-bond donors (Lipinski definition) is 2. The van der Waals surface area contributed by atoms with E-state index in [1.165, 1.54) is 6.20 Å². The van der Waals surface area contributed by atoms with E-state index in [-0.39, 0.29) is 5.49 Å². The quantitative estimate of drug-likeness (QED) is 0.579. The van der Waals surface area contributed by atoms with Crippen molar-refractivity contribution >= 4 is 6.03 Å². The van der Waals surface area contributed by atoms with Crippen LogP contribution in [0.1, 0.15) is 19.8 Å². The Morgan fingerprint density at radius 2 is 2.40 bits per heavy atom. The second-order valence-electron chi connectivity index (χ2n) is 3.10. The number of carbonyl (C=O) groups is 1. The Kier molecular flexibility index (Phi) is 4.40. The van der Waals surface area contributed by atoms with Crippen molar-refractivity contribution < 1.29 is 10.0 Å². The van der Waals surface area contributed by atoms with Crippen LogP contribution in [0, 0.1) is 0 Å². The van der Waals surface area contributed by atoms with Crippen LogP contribution in [0.2, 0.25) is 0 Å². The molecule has 0 bridgehead atoms. The molecule has 0 unspecified atom stereocenters. The third kappa shape index (κ3) is 3.84. The van der Waals surface area contributed by atoms with Crippen molar-refractivity contribution in [3.05, 3.63) is 29.9 Å². The fraction of sp³-hybridized carbons (Fsp3) is 0.400. The van der Waals surface area contributed by atoms with Crippen LogP contribution < -0.4 is 10.8 Å². The minimum absolute atomic E-state index is 0.214. The summed E-state index contributed by atoms with van der Waals surface area (Å²) < 4.78 is 0.805. The molecule has 0 fully saturated rings. The molecule has 5 nitrogen and oxygen atoms in total. The van der Waals surface area contributed by atoms with Gasteiger partial charge < -0.3 is 10.5 Å². The molecule has 0 saturated heterocycles. The summed E-state index contributed by atoms with van der Waals surface area (Å²) >= 11 is 0. The summed E-state index contributed by atoms with van der Waals surface area (Å²) in [6.45, 7) is 2.65. The van der Waals surface area contributed by atoms with E-state index in [1.807, 2.05) is 6.92 Å². The molecule has 0 atom stereocenters. The smallest absolute Gasteiger partial charge is 0.343 e. The summed E-state index contributed by atoms with van der Waals surface area (Å²) in [5.41, 5.74) is 0.214.